The van der Waals surface area contributed by atoms with Gasteiger partial charge in [0.2, 0.25) is 5.91 Å². The molecule has 0 fully saturated rings. The van der Waals surface area contributed by atoms with E-state index in [0.717, 1.165) is 12.0 Å². The number of benzene rings is 1. The van der Waals surface area contributed by atoms with Gasteiger partial charge >= 0.3 is 0 Å². The first kappa shape index (κ1) is 18.4. The van der Waals surface area contributed by atoms with E-state index in [4.69, 9.17) is 0 Å². The van der Waals surface area contributed by atoms with Crippen LogP contribution in [0.1, 0.15) is 69.8 Å². The second kappa shape index (κ2) is 7.08. The predicted molar refractivity (Wildman–Crippen MR) is 91.0 cm³/mol. The molecule has 1 aromatic rings. The lowest BCUT2D eigenvalue weighted by atomic mass is 9.81. The summed E-state index contributed by atoms with van der Waals surface area (Å²) in [5.41, 5.74) is 1.68. The molecule has 0 radical (unpaired) electrons. The summed E-state index contributed by atoms with van der Waals surface area (Å²) in [6, 6.07) is 7.47. The third kappa shape index (κ3) is 6.88. The number of aryl methyl sites for hydroxylation is 1. The first-order valence-electron chi connectivity index (χ1n) is 7.89. The number of carbonyl (C=O) groups excluding carboxylic acids is 2. The normalized spacial score (nSPS) is 12.1. The van der Waals surface area contributed by atoms with E-state index in [1.165, 1.54) is 0 Å². The predicted octanol–water partition coefficient (Wildman–Crippen LogP) is 4.29. The van der Waals surface area contributed by atoms with Crippen molar-refractivity contribution >= 4 is 11.7 Å². The first-order valence-corrected chi connectivity index (χ1v) is 7.89. The van der Waals surface area contributed by atoms with Crippen molar-refractivity contribution in [2.45, 2.75) is 66.3 Å². The molecule has 0 unspecified atom stereocenters. The van der Waals surface area contributed by atoms with E-state index in [1.807, 2.05) is 45.0 Å². The van der Waals surface area contributed by atoms with Gasteiger partial charge < -0.3 is 5.32 Å². The van der Waals surface area contributed by atoms with Crippen LogP contribution < -0.4 is 5.32 Å². The Kier molecular flexibility index (Phi) is 5.92. The molecule has 3 nitrogen and oxygen atoms in total. The summed E-state index contributed by atoms with van der Waals surface area (Å²) in [5, 5.41) is 3.04. The summed E-state index contributed by atoms with van der Waals surface area (Å²) in [7, 11) is 0. The molecule has 0 aromatic heterocycles. The number of nitrogens with one attached hydrogen (secondary N) is 1. The van der Waals surface area contributed by atoms with Crippen molar-refractivity contribution < 1.29 is 9.59 Å². The van der Waals surface area contributed by atoms with Gasteiger partial charge in [-0.15, -0.1) is 0 Å². The molecule has 0 atom stereocenters. The van der Waals surface area contributed by atoms with Gasteiger partial charge in [0.1, 0.15) is 0 Å². The number of rotatable bonds is 6. The highest BCUT2D eigenvalue weighted by atomic mass is 16.2. The smallest absolute Gasteiger partial charge is 0.220 e. The molecule has 0 saturated heterocycles. The van der Waals surface area contributed by atoms with Crippen LogP contribution in [0.5, 0.6) is 0 Å². The lowest BCUT2D eigenvalue weighted by Gasteiger charge is -2.33. The van der Waals surface area contributed by atoms with E-state index in [-0.39, 0.29) is 35.5 Å². The summed E-state index contributed by atoms with van der Waals surface area (Å²) in [4.78, 5) is 24.1. The summed E-state index contributed by atoms with van der Waals surface area (Å²) in [6.07, 6.45) is 1.37. The lowest BCUT2D eigenvalue weighted by Crippen LogP contribution is -2.45. The zero-order valence-corrected chi connectivity index (χ0v) is 14.7. The fraction of sp³-hybridized carbons (Fsp3) is 0.579. The summed E-state index contributed by atoms with van der Waals surface area (Å²) in [5.74, 6) is -0.0431. The largest absolute Gasteiger partial charge is 0.351 e. The molecule has 0 spiro atoms. The standard InChI is InChI=1S/C19H29NO2/c1-14-7-9-15(10-8-14)16(21)11-12-17(22)20-19(5,6)13-18(2,3)4/h7-10H,11-13H2,1-6H3,(H,20,22). The number of carbonyl (C=O) groups is 2. The van der Waals surface area contributed by atoms with Gasteiger partial charge in [-0.25, -0.2) is 0 Å². The molecule has 0 aliphatic heterocycles. The summed E-state index contributed by atoms with van der Waals surface area (Å²) >= 11 is 0. The monoisotopic (exact) mass is 303 g/mol. The molecule has 0 bridgehead atoms. The zero-order valence-electron chi connectivity index (χ0n) is 14.7. The number of hydrogen-bond donors (Lipinski definition) is 1. The van der Waals surface area contributed by atoms with Gasteiger partial charge in [0.15, 0.2) is 5.78 Å². The Morgan fingerprint density at radius 3 is 2.00 bits per heavy atom. The molecular weight excluding hydrogens is 274 g/mol. The van der Waals surface area contributed by atoms with E-state index in [2.05, 4.69) is 26.1 Å². The van der Waals surface area contributed by atoms with Crippen molar-refractivity contribution in [3.63, 3.8) is 0 Å². The van der Waals surface area contributed by atoms with Gasteiger partial charge in [0.25, 0.3) is 0 Å². The van der Waals surface area contributed by atoms with Gasteiger partial charge in [-0.3, -0.25) is 9.59 Å². The molecule has 0 saturated carbocycles. The Hall–Kier alpha value is -1.64. The van der Waals surface area contributed by atoms with Crippen LogP contribution >= 0.6 is 0 Å². The minimum absolute atomic E-state index is 0.0174. The SMILES string of the molecule is Cc1ccc(C(=O)CCC(=O)NC(C)(C)CC(C)(C)C)cc1. The maximum Gasteiger partial charge on any atom is 0.220 e. The van der Waals surface area contributed by atoms with Gasteiger partial charge in [-0.2, -0.15) is 0 Å². The highest BCUT2D eigenvalue weighted by Gasteiger charge is 2.26. The fourth-order valence-electron chi connectivity index (χ4n) is 2.92. The number of amides is 1. The van der Waals surface area contributed by atoms with Crippen LogP contribution in [0.4, 0.5) is 0 Å². The summed E-state index contributed by atoms with van der Waals surface area (Å²) < 4.78 is 0. The first-order chi connectivity index (χ1) is 9.98. The van der Waals surface area contributed by atoms with Crippen molar-refractivity contribution in [2.24, 2.45) is 5.41 Å². The third-order valence-corrected chi connectivity index (χ3v) is 3.40. The Bertz CT molecular complexity index is 521. The molecule has 3 heteroatoms. The average molecular weight is 303 g/mol. The maximum absolute atomic E-state index is 12.1. The number of hydrogen-bond acceptors (Lipinski definition) is 2. The van der Waals surface area contributed by atoms with E-state index in [9.17, 15) is 9.59 Å². The Balaban J connectivity index is 2.49. The number of Topliss-reactive ketones (excluding diaryl/α,β-unsaturated/α-hetero) is 1. The molecule has 0 aliphatic carbocycles. The molecule has 0 aliphatic rings. The molecule has 22 heavy (non-hydrogen) atoms. The average Bonchev–Trinajstić information content (AvgIpc) is 2.33. The van der Waals surface area contributed by atoms with Crippen LogP contribution in [0.3, 0.4) is 0 Å². The lowest BCUT2D eigenvalue weighted by molar-refractivity contribution is -0.122. The van der Waals surface area contributed by atoms with Crippen LogP contribution in [-0.2, 0) is 4.79 Å². The van der Waals surface area contributed by atoms with Gasteiger partial charge in [0, 0.05) is 23.9 Å². The van der Waals surface area contributed by atoms with Gasteiger partial charge in [-0.05, 0) is 32.6 Å². The van der Waals surface area contributed by atoms with Crippen LogP contribution in [0.2, 0.25) is 0 Å². The van der Waals surface area contributed by atoms with Crippen molar-refractivity contribution in [3.8, 4) is 0 Å². The second-order valence-electron chi connectivity index (χ2n) is 7.96. The minimum Gasteiger partial charge on any atom is -0.351 e. The molecule has 0 heterocycles. The zero-order chi connectivity index (χ0) is 17.0. The van der Waals surface area contributed by atoms with Gasteiger partial charge in [0.05, 0.1) is 0 Å². The van der Waals surface area contributed by atoms with E-state index in [0.29, 0.717) is 5.56 Å². The molecule has 1 aromatic carbocycles. The Morgan fingerprint density at radius 1 is 0.955 bits per heavy atom. The quantitative estimate of drug-likeness (QED) is 0.797. The van der Waals surface area contributed by atoms with Crippen molar-refractivity contribution in [2.75, 3.05) is 0 Å². The van der Waals surface area contributed by atoms with Crippen LogP contribution in [-0.4, -0.2) is 17.2 Å². The molecule has 1 amide bonds. The maximum atomic E-state index is 12.1. The highest BCUT2D eigenvalue weighted by molar-refractivity contribution is 5.98. The van der Waals surface area contributed by atoms with Crippen LogP contribution in [0.15, 0.2) is 24.3 Å². The number of ketones is 1. The van der Waals surface area contributed by atoms with Crippen LogP contribution in [0.25, 0.3) is 0 Å². The van der Waals surface area contributed by atoms with E-state index in [1.54, 1.807) is 0 Å². The molecule has 1 N–H and O–H groups in total. The van der Waals surface area contributed by atoms with E-state index >= 15 is 0 Å². The van der Waals surface area contributed by atoms with Crippen molar-refractivity contribution in [1.82, 2.24) is 5.32 Å². The van der Waals surface area contributed by atoms with Gasteiger partial charge in [-0.1, -0.05) is 50.6 Å². The molecule has 1 rings (SSSR count). The Morgan fingerprint density at radius 2 is 1.50 bits per heavy atom. The Labute approximate surface area is 134 Å². The fourth-order valence-corrected chi connectivity index (χ4v) is 2.92. The van der Waals surface area contributed by atoms with Crippen LogP contribution in [0, 0.1) is 12.3 Å². The third-order valence-electron chi connectivity index (χ3n) is 3.40. The van der Waals surface area contributed by atoms with E-state index < -0.39 is 0 Å². The van der Waals surface area contributed by atoms with Crippen molar-refractivity contribution in [3.05, 3.63) is 35.4 Å². The van der Waals surface area contributed by atoms with Crippen molar-refractivity contribution in [1.29, 1.82) is 0 Å². The second-order valence-corrected chi connectivity index (χ2v) is 7.96. The summed E-state index contributed by atoms with van der Waals surface area (Å²) in [6.45, 7) is 12.5. The minimum atomic E-state index is -0.262. The highest BCUT2D eigenvalue weighted by Crippen LogP contribution is 2.26. The molecule has 122 valence electrons. The molecular formula is C19H29NO2. The topological polar surface area (TPSA) is 46.2 Å².